The molecule has 0 aromatic heterocycles. The van der Waals surface area contributed by atoms with Crippen LogP contribution in [0.4, 0.5) is 0 Å². The molecule has 2 aromatic rings. The SMILES string of the molecule is Cc1cc(C)c(Cc2ccc(O)c(C(C)C)c2C)c(C)c1C. The fraction of sp³-hybridized carbons (Fsp3) is 0.429. The second-order valence-corrected chi connectivity index (χ2v) is 6.85. The number of hydrogen-bond acceptors (Lipinski definition) is 1. The van der Waals surface area contributed by atoms with Gasteiger partial charge in [-0.2, -0.15) is 0 Å². The lowest BCUT2D eigenvalue weighted by Gasteiger charge is -2.19. The predicted molar refractivity (Wildman–Crippen MR) is 95.1 cm³/mol. The van der Waals surface area contributed by atoms with Gasteiger partial charge in [0.2, 0.25) is 0 Å². The minimum absolute atomic E-state index is 0.335. The molecule has 118 valence electrons. The highest BCUT2D eigenvalue weighted by molar-refractivity contribution is 5.50. The summed E-state index contributed by atoms with van der Waals surface area (Å²) in [5, 5.41) is 10.1. The van der Waals surface area contributed by atoms with Crippen molar-refractivity contribution in [3.8, 4) is 5.75 Å². The average molecular weight is 296 g/mol. The van der Waals surface area contributed by atoms with Crippen LogP contribution < -0.4 is 0 Å². The molecule has 0 heterocycles. The standard InChI is InChI=1S/C21H28O/c1-12(2)21-17(7)18(8-9-20(21)22)11-19-14(4)10-13(3)15(5)16(19)6/h8-10,12,22H,11H2,1-7H3. The van der Waals surface area contributed by atoms with Crippen molar-refractivity contribution < 1.29 is 5.11 Å². The highest BCUT2D eigenvalue weighted by Crippen LogP contribution is 2.33. The molecule has 0 fully saturated rings. The molecule has 0 spiro atoms. The van der Waals surface area contributed by atoms with Crippen molar-refractivity contribution in [3.63, 3.8) is 0 Å². The zero-order valence-electron chi connectivity index (χ0n) is 15.0. The van der Waals surface area contributed by atoms with Gasteiger partial charge in [0.1, 0.15) is 5.75 Å². The van der Waals surface area contributed by atoms with Gasteiger partial charge in [-0.25, -0.2) is 0 Å². The molecule has 0 amide bonds. The van der Waals surface area contributed by atoms with Crippen LogP contribution in [0.1, 0.15) is 64.3 Å². The maximum atomic E-state index is 10.1. The Kier molecular flexibility index (Phi) is 4.65. The molecule has 1 heteroatoms. The molecule has 1 N–H and O–H groups in total. The lowest BCUT2D eigenvalue weighted by molar-refractivity contribution is 0.463. The molecule has 2 aromatic carbocycles. The van der Waals surface area contributed by atoms with Crippen LogP contribution in [0, 0.1) is 34.6 Å². The smallest absolute Gasteiger partial charge is 0.119 e. The lowest BCUT2D eigenvalue weighted by Crippen LogP contribution is -2.03. The molecule has 0 saturated carbocycles. The van der Waals surface area contributed by atoms with Gasteiger partial charge < -0.3 is 5.11 Å². The second-order valence-electron chi connectivity index (χ2n) is 6.85. The van der Waals surface area contributed by atoms with Gasteiger partial charge in [0, 0.05) is 0 Å². The van der Waals surface area contributed by atoms with E-state index in [9.17, 15) is 5.11 Å². The number of aromatic hydroxyl groups is 1. The Bertz CT molecular complexity index is 709. The summed E-state index contributed by atoms with van der Waals surface area (Å²) in [6.07, 6.45) is 0.935. The Morgan fingerprint density at radius 2 is 1.50 bits per heavy atom. The van der Waals surface area contributed by atoms with Crippen molar-refractivity contribution in [2.75, 3.05) is 0 Å². The molecule has 0 unspecified atom stereocenters. The van der Waals surface area contributed by atoms with Gasteiger partial charge in [-0.15, -0.1) is 0 Å². The van der Waals surface area contributed by atoms with Gasteiger partial charge in [0.25, 0.3) is 0 Å². The van der Waals surface area contributed by atoms with Crippen LogP contribution in [0.2, 0.25) is 0 Å². The number of phenols is 1. The topological polar surface area (TPSA) is 20.2 Å². The second kappa shape index (κ2) is 6.16. The molecule has 0 saturated heterocycles. The van der Waals surface area contributed by atoms with Gasteiger partial charge in [0.05, 0.1) is 0 Å². The minimum Gasteiger partial charge on any atom is -0.508 e. The number of hydrogen-bond donors (Lipinski definition) is 1. The van der Waals surface area contributed by atoms with Gasteiger partial charge >= 0.3 is 0 Å². The molecular weight excluding hydrogens is 268 g/mol. The molecule has 0 radical (unpaired) electrons. The largest absolute Gasteiger partial charge is 0.508 e. The van der Waals surface area contributed by atoms with Crippen molar-refractivity contribution in [1.29, 1.82) is 0 Å². The van der Waals surface area contributed by atoms with Crippen molar-refractivity contribution in [2.45, 2.75) is 60.8 Å². The monoisotopic (exact) mass is 296 g/mol. The molecule has 0 aliphatic rings. The summed E-state index contributed by atoms with van der Waals surface area (Å²) >= 11 is 0. The number of rotatable bonds is 3. The Morgan fingerprint density at radius 1 is 0.864 bits per heavy atom. The maximum absolute atomic E-state index is 10.1. The molecule has 0 aliphatic carbocycles. The molecule has 22 heavy (non-hydrogen) atoms. The van der Waals surface area contributed by atoms with Crippen LogP contribution in [0.5, 0.6) is 5.75 Å². The highest BCUT2D eigenvalue weighted by Gasteiger charge is 2.15. The van der Waals surface area contributed by atoms with E-state index in [1.165, 1.54) is 38.9 Å². The fourth-order valence-corrected chi connectivity index (χ4v) is 3.48. The van der Waals surface area contributed by atoms with Crippen LogP contribution in [0.3, 0.4) is 0 Å². The molecule has 0 aliphatic heterocycles. The lowest BCUT2D eigenvalue weighted by atomic mass is 9.86. The number of benzene rings is 2. The summed E-state index contributed by atoms with van der Waals surface area (Å²) in [5.41, 5.74) is 10.6. The van der Waals surface area contributed by atoms with Crippen LogP contribution in [-0.4, -0.2) is 5.11 Å². The van der Waals surface area contributed by atoms with Crippen LogP contribution >= 0.6 is 0 Å². The van der Waals surface area contributed by atoms with E-state index in [-0.39, 0.29) is 0 Å². The average Bonchev–Trinajstić information content (AvgIpc) is 2.43. The summed E-state index contributed by atoms with van der Waals surface area (Å²) in [5.74, 6) is 0.756. The first kappa shape index (κ1) is 16.6. The molecule has 0 bridgehead atoms. The van der Waals surface area contributed by atoms with E-state index in [2.05, 4.69) is 60.6 Å². The van der Waals surface area contributed by atoms with Gasteiger partial charge in [-0.05, 0) is 97.5 Å². The van der Waals surface area contributed by atoms with E-state index in [0.29, 0.717) is 11.7 Å². The van der Waals surface area contributed by atoms with Crippen LogP contribution in [0.25, 0.3) is 0 Å². The van der Waals surface area contributed by atoms with E-state index >= 15 is 0 Å². The van der Waals surface area contributed by atoms with Crippen molar-refractivity contribution >= 4 is 0 Å². The van der Waals surface area contributed by atoms with E-state index in [1.807, 2.05) is 6.07 Å². The third-order valence-electron chi connectivity index (χ3n) is 5.06. The predicted octanol–water partition coefficient (Wildman–Crippen LogP) is 5.65. The molecular formula is C21H28O. The summed E-state index contributed by atoms with van der Waals surface area (Å²) in [4.78, 5) is 0. The molecule has 0 atom stereocenters. The number of aryl methyl sites for hydroxylation is 2. The first-order chi connectivity index (χ1) is 10.2. The summed E-state index contributed by atoms with van der Waals surface area (Å²) in [6.45, 7) is 15.2. The Labute approximate surface area is 135 Å². The van der Waals surface area contributed by atoms with Gasteiger partial charge in [-0.3, -0.25) is 0 Å². The quantitative estimate of drug-likeness (QED) is 0.776. The normalized spacial score (nSPS) is 11.3. The van der Waals surface area contributed by atoms with Crippen molar-refractivity contribution in [1.82, 2.24) is 0 Å². The molecule has 2 rings (SSSR count). The highest BCUT2D eigenvalue weighted by atomic mass is 16.3. The number of phenolic OH excluding ortho intramolecular Hbond substituents is 1. The third-order valence-corrected chi connectivity index (χ3v) is 5.06. The Hall–Kier alpha value is -1.76. The van der Waals surface area contributed by atoms with Crippen LogP contribution in [0.15, 0.2) is 18.2 Å². The van der Waals surface area contributed by atoms with E-state index in [4.69, 9.17) is 0 Å². The van der Waals surface area contributed by atoms with Crippen molar-refractivity contribution in [3.05, 3.63) is 62.7 Å². The third kappa shape index (κ3) is 2.90. The minimum atomic E-state index is 0.335. The zero-order valence-corrected chi connectivity index (χ0v) is 15.0. The molecule has 1 nitrogen and oxygen atoms in total. The zero-order chi connectivity index (χ0) is 16.6. The maximum Gasteiger partial charge on any atom is 0.119 e. The summed E-state index contributed by atoms with van der Waals surface area (Å²) in [7, 11) is 0. The van der Waals surface area contributed by atoms with E-state index in [1.54, 1.807) is 0 Å². The first-order valence-electron chi connectivity index (χ1n) is 8.11. The summed E-state index contributed by atoms with van der Waals surface area (Å²) < 4.78 is 0. The fourth-order valence-electron chi connectivity index (χ4n) is 3.48. The summed E-state index contributed by atoms with van der Waals surface area (Å²) in [6, 6.07) is 6.21. The van der Waals surface area contributed by atoms with Crippen molar-refractivity contribution in [2.24, 2.45) is 0 Å². The van der Waals surface area contributed by atoms with E-state index in [0.717, 1.165) is 12.0 Å². The van der Waals surface area contributed by atoms with Gasteiger partial charge in [-0.1, -0.05) is 26.0 Å². The Morgan fingerprint density at radius 3 is 2.09 bits per heavy atom. The van der Waals surface area contributed by atoms with E-state index < -0.39 is 0 Å². The van der Waals surface area contributed by atoms with Crippen LogP contribution in [-0.2, 0) is 6.42 Å². The van der Waals surface area contributed by atoms with Gasteiger partial charge in [0.15, 0.2) is 0 Å². The Balaban J connectivity index is 2.54. The first-order valence-corrected chi connectivity index (χ1v) is 8.11.